The highest BCUT2D eigenvalue weighted by molar-refractivity contribution is 6.31. The van der Waals surface area contributed by atoms with Crippen molar-refractivity contribution in [2.24, 2.45) is 0 Å². The molecule has 0 spiro atoms. The normalized spacial score (nSPS) is 22.8. The monoisotopic (exact) mass is 482 g/mol. The molecule has 2 N–H and O–H groups in total. The van der Waals surface area contributed by atoms with Crippen LogP contribution < -0.4 is 5.32 Å². The predicted molar refractivity (Wildman–Crippen MR) is 104 cm³/mol. The molecule has 4 nitrogen and oxygen atoms in total. The molecule has 1 aromatic carbocycles. The Morgan fingerprint density at radius 1 is 1.26 bits per heavy atom. The van der Waals surface area contributed by atoms with Crippen molar-refractivity contribution < 1.29 is 31.9 Å². The number of rotatable bonds is 4. The van der Waals surface area contributed by atoms with E-state index in [1.165, 1.54) is 12.1 Å². The van der Waals surface area contributed by atoms with Crippen molar-refractivity contribution in [3.63, 3.8) is 0 Å². The van der Waals surface area contributed by atoms with E-state index in [1.54, 1.807) is 0 Å². The van der Waals surface area contributed by atoms with Gasteiger partial charge >= 0.3 is 6.18 Å². The maximum atomic E-state index is 14.1. The maximum Gasteiger partial charge on any atom is 0.418 e. The van der Waals surface area contributed by atoms with Crippen LogP contribution in [0.3, 0.4) is 0 Å². The lowest BCUT2D eigenvalue weighted by molar-refractivity contribution is -0.138. The molecule has 1 aliphatic carbocycles. The molecule has 1 heterocycles. The average Bonchev–Trinajstić information content (AvgIpc) is 2.70. The van der Waals surface area contributed by atoms with Crippen molar-refractivity contribution in [3.05, 3.63) is 63.1 Å². The molecule has 3 rings (SSSR count). The van der Waals surface area contributed by atoms with Crippen LogP contribution in [0, 0.1) is 5.82 Å². The first-order valence-corrected chi connectivity index (χ1v) is 10.0. The molecule has 0 aliphatic heterocycles. The zero-order chi connectivity index (χ0) is 23.0. The Hall–Kier alpha value is -1.97. The molecule has 1 aromatic heterocycles. The van der Waals surface area contributed by atoms with E-state index in [1.807, 2.05) is 0 Å². The first-order valence-electron chi connectivity index (χ1n) is 9.26. The number of pyridine rings is 1. The summed E-state index contributed by atoms with van der Waals surface area (Å²) in [6, 6.07) is 2.80. The minimum absolute atomic E-state index is 0.0389. The lowest BCUT2D eigenvalue weighted by Crippen LogP contribution is -2.49. The standard InChI is InChI=1S/C20H17Cl2F5N2O2/c21-10-8-13(20(25,26)27)16(28-9-10)18(30)29-17(12-2-1-3-14(24)15(12)22)19(31)6-4-11(23)5-7-19/h1-3,8-9,11,17,31H,4-7H2,(H,29,30)/t11-,17?,19+. The molecular weight excluding hydrogens is 466 g/mol. The smallest absolute Gasteiger partial charge is 0.387 e. The second-order valence-electron chi connectivity index (χ2n) is 7.38. The summed E-state index contributed by atoms with van der Waals surface area (Å²) in [5.41, 5.74) is -4.16. The van der Waals surface area contributed by atoms with Gasteiger partial charge in [0.25, 0.3) is 5.91 Å². The van der Waals surface area contributed by atoms with Gasteiger partial charge in [-0.1, -0.05) is 35.3 Å². The molecular formula is C20H17Cl2F5N2O2. The predicted octanol–water partition coefficient (Wildman–Crippen LogP) is 5.66. The molecule has 0 bridgehead atoms. The fourth-order valence-corrected chi connectivity index (χ4v) is 4.04. The van der Waals surface area contributed by atoms with Crippen LogP contribution in [0.1, 0.15) is 53.3 Å². The highest BCUT2D eigenvalue weighted by atomic mass is 35.5. The molecule has 1 saturated carbocycles. The SMILES string of the molecule is O=C(NC(c1cccc(F)c1Cl)[C@]1(O)CC[C@@H](F)CC1)c1ncc(Cl)cc1C(F)(F)F. The van der Waals surface area contributed by atoms with Crippen LogP contribution in [0.15, 0.2) is 30.5 Å². The Bertz CT molecular complexity index is 979. The van der Waals surface area contributed by atoms with Gasteiger partial charge in [-0.25, -0.2) is 13.8 Å². The summed E-state index contributed by atoms with van der Waals surface area (Å²) in [4.78, 5) is 16.3. The van der Waals surface area contributed by atoms with Crippen LogP contribution in [0.4, 0.5) is 22.0 Å². The van der Waals surface area contributed by atoms with E-state index >= 15 is 0 Å². The van der Waals surface area contributed by atoms with Crippen LogP contribution >= 0.6 is 23.2 Å². The third-order valence-electron chi connectivity index (χ3n) is 5.26. The number of hydrogen-bond donors (Lipinski definition) is 2. The first kappa shape index (κ1) is 23.7. The zero-order valence-corrected chi connectivity index (χ0v) is 17.3. The van der Waals surface area contributed by atoms with Crippen molar-refractivity contribution in [2.45, 2.75) is 49.7 Å². The number of halogens is 7. The van der Waals surface area contributed by atoms with Gasteiger partial charge in [0.1, 0.15) is 17.7 Å². The van der Waals surface area contributed by atoms with Crippen molar-refractivity contribution in [2.75, 3.05) is 0 Å². The van der Waals surface area contributed by atoms with Gasteiger partial charge in [-0.15, -0.1) is 0 Å². The number of amides is 1. The Morgan fingerprint density at radius 3 is 2.52 bits per heavy atom. The van der Waals surface area contributed by atoms with E-state index in [-0.39, 0.29) is 36.3 Å². The van der Waals surface area contributed by atoms with E-state index < -0.39 is 52.0 Å². The molecule has 1 aliphatic rings. The number of benzene rings is 1. The van der Waals surface area contributed by atoms with Crippen LogP contribution in [0.25, 0.3) is 0 Å². The van der Waals surface area contributed by atoms with Gasteiger partial charge in [0.15, 0.2) is 0 Å². The molecule has 1 unspecified atom stereocenters. The largest absolute Gasteiger partial charge is 0.418 e. The number of carbonyl (C=O) groups excluding carboxylic acids is 1. The Kier molecular flexibility index (Phi) is 6.78. The summed E-state index contributed by atoms with van der Waals surface area (Å²) < 4.78 is 67.9. The van der Waals surface area contributed by atoms with E-state index in [0.717, 1.165) is 12.3 Å². The highest BCUT2D eigenvalue weighted by Crippen LogP contribution is 2.42. The molecule has 11 heteroatoms. The number of alkyl halides is 4. The van der Waals surface area contributed by atoms with Crippen LogP contribution in [0.5, 0.6) is 0 Å². The minimum atomic E-state index is -4.93. The van der Waals surface area contributed by atoms with Crippen LogP contribution in [0.2, 0.25) is 10.0 Å². The van der Waals surface area contributed by atoms with E-state index in [0.29, 0.717) is 6.07 Å². The third-order valence-corrected chi connectivity index (χ3v) is 5.87. The van der Waals surface area contributed by atoms with Crippen molar-refractivity contribution >= 4 is 29.1 Å². The zero-order valence-electron chi connectivity index (χ0n) is 15.8. The second kappa shape index (κ2) is 8.88. The maximum absolute atomic E-state index is 14.1. The summed E-state index contributed by atoms with van der Waals surface area (Å²) in [5.74, 6) is -2.12. The molecule has 1 atom stereocenters. The van der Waals surface area contributed by atoms with E-state index in [4.69, 9.17) is 23.2 Å². The van der Waals surface area contributed by atoms with Gasteiger partial charge in [0.2, 0.25) is 0 Å². The van der Waals surface area contributed by atoms with E-state index in [9.17, 15) is 31.9 Å². The lowest BCUT2D eigenvalue weighted by atomic mass is 9.76. The van der Waals surface area contributed by atoms with Gasteiger partial charge < -0.3 is 10.4 Å². The van der Waals surface area contributed by atoms with Gasteiger partial charge in [-0.3, -0.25) is 4.79 Å². The molecule has 1 fully saturated rings. The van der Waals surface area contributed by atoms with Crippen molar-refractivity contribution in [1.82, 2.24) is 10.3 Å². The second-order valence-corrected chi connectivity index (χ2v) is 8.19. The molecule has 31 heavy (non-hydrogen) atoms. The Balaban J connectivity index is 2.04. The summed E-state index contributed by atoms with van der Waals surface area (Å²) >= 11 is 11.6. The fraction of sp³-hybridized carbons (Fsp3) is 0.400. The number of carbonyl (C=O) groups is 1. The van der Waals surface area contributed by atoms with Crippen LogP contribution in [-0.2, 0) is 6.18 Å². The summed E-state index contributed by atoms with van der Waals surface area (Å²) in [6.07, 6.45) is -5.54. The molecule has 0 radical (unpaired) electrons. The van der Waals surface area contributed by atoms with Crippen molar-refractivity contribution in [1.29, 1.82) is 0 Å². The highest BCUT2D eigenvalue weighted by Gasteiger charge is 2.44. The fourth-order valence-electron chi connectivity index (χ4n) is 3.65. The van der Waals surface area contributed by atoms with Gasteiger partial charge in [-0.2, -0.15) is 13.2 Å². The Morgan fingerprint density at radius 2 is 1.90 bits per heavy atom. The third kappa shape index (κ3) is 5.10. The minimum Gasteiger partial charge on any atom is -0.387 e. The molecule has 2 aromatic rings. The van der Waals surface area contributed by atoms with Gasteiger partial charge in [0, 0.05) is 6.20 Å². The summed E-state index contributed by atoms with van der Waals surface area (Å²) in [7, 11) is 0. The van der Waals surface area contributed by atoms with Gasteiger partial charge in [-0.05, 0) is 43.4 Å². The topological polar surface area (TPSA) is 62.2 Å². The van der Waals surface area contributed by atoms with Crippen LogP contribution in [-0.4, -0.2) is 27.8 Å². The molecule has 1 amide bonds. The summed E-state index contributed by atoms with van der Waals surface area (Å²) in [6.45, 7) is 0. The first-order chi connectivity index (χ1) is 14.4. The quantitative estimate of drug-likeness (QED) is 0.552. The Labute approximate surface area is 184 Å². The molecule has 168 valence electrons. The average molecular weight is 483 g/mol. The van der Waals surface area contributed by atoms with E-state index in [2.05, 4.69) is 10.3 Å². The molecule has 0 saturated heterocycles. The number of hydrogen-bond acceptors (Lipinski definition) is 3. The van der Waals surface area contributed by atoms with Gasteiger partial charge in [0.05, 0.1) is 27.3 Å². The number of nitrogens with one attached hydrogen (secondary N) is 1. The van der Waals surface area contributed by atoms with Crippen molar-refractivity contribution in [3.8, 4) is 0 Å². The number of nitrogens with zero attached hydrogens (tertiary/aromatic N) is 1. The lowest BCUT2D eigenvalue weighted by Gasteiger charge is -2.41. The number of aliphatic hydroxyl groups is 1. The summed E-state index contributed by atoms with van der Waals surface area (Å²) in [5, 5.41) is 12.7. The number of aromatic nitrogens is 1.